The Morgan fingerprint density at radius 2 is 1.45 bits per heavy atom. The van der Waals surface area contributed by atoms with Gasteiger partial charge in [-0.25, -0.2) is 8.42 Å². The Morgan fingerprint density at radius 1 is 0.895 bits per heavy atom. The maximum atomic E-state index is 13.9. The van der Waals surface area contributed by atoms with E-state index in [0.717, 1.165) is 26.3 Å². The first-order valence-corrected chi connectivity index (χ1v) is 14.5. The van der Waals surface area contributed by atoms with Crippen LogP contribution >= 0.6 is 27.5 Å². The summed E-state index contributed by atoms with van der Waals surface area (Å²) in [6, 6.07) is 29.0. The third-order valence-corrected chi connectivity index (χ3v) is 8.87. The number of rotatable bonds is 8. The predicted octanol–water partition coefficient (Wildman–Crippen LogP) is 7.04. The van der Waals surface area contributed by atoms with Crippen molar-refractivity contribution in [1.29, 1.82) is 0 Å². The number of nitrogens with zero attached hydrogens (tertiary/aromatic N) is 2. The van der Waals surface area contributed by atoms with Gasteiger partial charge in [0.2, 0.25) is 0 Å². The van der Waals surface area contributed by atoms with Gasteiger partial charge < -0.3 is 9.30 Å². The second kappa shape index (κ2) is 10.8. The highest BCUT2D eigenvalue weighted by molar-refractivity contribution is 9.10. The number of hydrogen-bond donors (Lipinski definition) is 0. The SMILES string of the molecule is CC(=O)OC(CN(c1ccc(Br)cc1)S(=O)(=O)c1ccc(Cl)cc1)Cn1c2ccccc2c2ccccc21. The molecular formula is C29H24BrClN2O4S. The molecule has 6 nitrogen and oxygen atoms in total. The Bertz CT molecular complexity index is 1660. The lowest BCUT2D eigenvalue weighted by Gasteiger charge is -2.29. The van der Waals surface area contributed by atoms with Gasteiger partial charge in [0.1, 0.15) is 6.10 Å². The molecule has 0 fully saturated rings. The topological polar surface area (TPSA) is 68.6 Å². The Labute approximate surface area is 234 Å². The smallest absolute Gasteiger partial charge is 0.303 e. The molecule has 0 N–H and O–H groups in total. The van der Waals surface area contributed by atoms with Crippen LogP contribution in [0.2, 0.25) is 5.02 Å². The number of fused-ring (bicyclic) bond motifs is 3. The lowest BCUT2D eigenvalue weighted by molar-refractivity contribution is -0.146. The molecule has 5 rings (SSSR count). The van der Waals surface area contributed by atoms with E-state index in [2.05, 4.69) is 20.5 Å². The van der Waals surface area contributed by atoms with E-state index in [-0.39, 0.29) is 18.0 Å². The van der Waals surface area contributed by atoms with Crippen LogP contribution in [0.3, 0.4) is 0 Å². The quantitative estimate of drug-likeness (QED) is 0.177. The largest absolute Gasteiger partial charge is 0.459 e. The summed E-state index contributed by atoms with van der Waals surface area (Å²) in [7, 11) is -4.02. The van der Waals surface area contributed by atoms with Crippen LogP contribution in [0.1, 0.15) is 6.92 Å². The molecule has 0 aliphatic rings. The zero-order valence-corrected chi connectivity index (χ0v) is 23.6. The number of aromatic nitrogens is 1. The Hall–Kier alpha value is -3.33. The first-order valence-electron chi connectivity index (χ1n) is 11.9. The highest BCUT2D eigenvalue weighted by Gasteiger charge is 2.30. The number of anilines is 1. The normalized spacial score (nSPS) is 12.5. The van der Waals surface area contributed by atoms with Crippen molar-refractivity contribution in [3.63, 3.8) is 0 Å². The van der Waals surface area contributed by atoms with Crippen LogP contribution in [0, 0.1) is 0 Å². The average Bonchev–Trinajstić information content (AvgIpc) is 3.21. The average molecular weight is 612 g/mol. The molecule has 0 aliphatic heterocycles. The summed E-state index contributed by atoms with van der Waals surface area (Å²) in [5.41, 5.74) is 2.39. The number of halogens is 2. The number of para-hydroxylation sites is 2. The molecule has 1 unspecified atom stereocenters. The molecule has 194 valence electrons. The van der Waals surface area contributed by atoms with E-state index in [1.807, 2.05) is 48.5 Å². The molecule has 0 aliphatic carbocycles. The molecule has 4 aromatic carbocycles. The number of ether oxygens (including phenoxy) is 1. The van der Waals surface area contributed by atoms with Gasteiger partial charge in [-0.1, -0.05) is 63.9 Å². The van der Waals surface area contributed by atoms with E-state index in [1.165, 1.54) is 35.5 Å². The van der Waals surface area contributed by atoms with Crippen LogP contribution in [-0.2, 0) is 26.1 Å². The first kappa shape index (κ1) is 26.3. The van der Waals surface area contributed by atoms with Gasteiger partial charge in [0.15, 0.2) is 0 Å². The standard InChI is InChI=1S/C29H24BrClN2O4S/c1-20(34)37-24(18-32-28-8-4-2-6-26(28)27-7-3-5-9-29(27)32)19-33(23-14-10-21(30)11-15-23)38(35,36)25-16-12-22(31)13-17-25/h2-17,24H,18-19H2,1H3. The van der Waals surface area contributed by atoms with Crippen molar-refractivity contribution in [3.05, 3.63) is 107 Å². The van der Waals surface area contributed by atoms with Gasteiger partial charge in [-0.2, -0.15) is 0 Å². The third-order valence-electron chi connectivity index (χ3n) is 6.28. The molecular weight excluding hydrogens is 588 g/mol. The Balaban J connectivity index is 1.59. The van der Waals surface area contributed by atoms with Crippen molar-refractivity contribution >= 4 is 71.0 Å². The van der Waals surface area contributed by atoms with E-state index in [4.69, 9.17) is 16.3 Å². The minimum absolute atomic E-state index is 0.0863. The second-order valence-corrected chi connectivity index (χ2v) is 12.1. The van der Waals surface area contributed by atoms with Crippen LogP contribution in [0.5, 0.6) is 0 Å². The molecule has 0 saturated carbocycles. The summed E-state index contributed by atoms with van der Waals surface area (Å²) < 4.78 is 37.7. The molecule has 0 radical (unpaired) electrons. The van der Waals surface area contributed by atoms with Crippen molar-refractivity contribution < 1.29 is 17.9 Å². The maximum absolute atomic E-state index is 13.9. The van der Waals surface area contributed by atoms with Gasteiger partial charge in [-0.05, 0) is 60.7 Å². The fraction of sp³-hybridized carbons (Fsp3) is 0.138. The summed E-state index contributed by atoms with van der Waals surface area (Å²) in [4.78, 5) is 12.3. The molecule has 0 bridgehead atoms. The minimum Gasteiger partial charge on any atom is -0.459 e. The Morgan fingerprint density at radius 3 is 2.00 bits per heavy atom. The van der Waals surface area contributed by atoms with Crippen molar-refractivity contribution in [2.45, 2.75) is 24.5 Å². The number of sulfonamides is 1. The fourth-order valence-electron chi connectivity index (χ4n) is 4.64. The highest BCUT2D eigenvalue weighted by Crippen LogP contribution is 2.31. The molecule has 0 saturated heterocycles. The van der Waals surface area contributed by atoms with Crippen molar-refractivity contribution in [1.82, 2.24) is 4.57 Å². The van der Waals surface area contributed by atoms with Crippen LogP contribution in [-0.4, -0.2) is 31.6 Å². The van der Waals surface area contributed by atoms with Crippen molar-refractivity contribution in [2.75, 3.05) is 10.8 Å². The molecule has 1 atom stereocenters. The van der Waals surface area contributed by atoms with Gasteiger partial charge in [0.25, 0.3) is 10.0 Å². The number of esters is 1. The van der Waals surface area contributed by atoms with Crippen molar-refractivity contribution in [2.24, 2.45) is 0 Å². The lowest BCUT2D eigenvalue weighted by Crippen LogP contribution is -2.41. The van der Waals surface area contributed by atoms with E-state index in [9.17, 15) is 13.2 Å². The van der Waals surface area contributed by atoms with Crippen LogP contribution < -0.4 is 4.31 Å². The number of carbonyl (C=O) groups is 1. The molecule has 1 aromatic heterocycles. The molecule has 0 spiro atoms. The van der Waals surface area contributed by atoms with Gasteiger partial charge in [-0.3, -0.25) is 9.10 Å². The van der Waals surface area contributed by atoms with Crippen LogP contribution in [0.25, 0.3) is 21.8 Å². The van der Waals surface area contributed by atoms with Crippen molar-refractivity contribution in [3.8, 4) is 0 Å². The maximum Gasteiger partial charge on any atom is 0.303 e. The molecule has 9 heteroatoms. The lowest BCUT2D eigenvalue weighted by atomic mass is 10.2. The summed E-state index contributed by atoms with van der Waals surface area (Å²) in [6.45, 7) is 1.50. The van der Waals surface area contributed by atoms with Crippen LogP contribution in [0.15, 0.2) is 106 Å². The number of hydrogen-bond acceptors (Lipinski definition) is 4. The summed E-state index contributed by atoms with van der Waals surface area (Å²) >= 11 is 9.43. The molecule has 1 heterocycles. The summed E-state index contributed by atoms with van der Waals surface area (Å²) in [5, 5.41) is 2.58. The third kappa shape index (κ3) is 5.29. The minimum atomic E-state index is -4.02. The second-order valence-electron chi connectivity index (χ2n) is 8.84. The fourth-order valence-corrected chi connectivity index (χ4v) is 6.53. The molecule has 38 heavy (non-hydrogen) atoms. The Kier molecular flexibility index (Phi) is 7.47. The van der Waals surface area contributed by atoms with E-state index >= 15 is 0 Å². The predicted molar refractivity (Wildman–Crippen MR) is 155 cm³/mol. The monoisotopic (exact) mass is 610 g/mol. The number of carbonyl (C=O) groups excluding carboxylic acids is 1. The van der Waals surface area contributed by atoms with Crippen LogP contribution in [0.4, 0.5) is 5.69 Å². The van der Waals surface area contributed by atoms with Gasteiger partial charge in [0, 0.05) is 38.2 Å². The molecule has 5 aromatic rings. The number of benzene rings is 4. The first-order chi connectivity index (χ1) is 18.2. The van der Waals surface area contributed by atoms with Gasteiger partial charge >= 0.3 is 5.97 Å². The highest BCUT2D eigenvalue weighted by atomic mass is 79.9. The van der Waals surface area contributed by atoms with E-state index < -0.39 is 22.1 Å². The zero-order chi connectivity index (χ0) is 26.9. The van der Waals surface area contributed by atoms with E-state index in [1.54, 1.807) is 24.3 Å². The summed E-state index contributed by atoms with van der Waals surface area (Å²) in [6.07, 6.45) is -0.780. The van der Waals surface area contributed by atoms with Gasteiger partial charge in [-0.15, -0.1) is 0 Å². The van der Waals surface area contributed by atoms with Gasteiger partial charge in [0.05, 0.1) is 23.7 Å². The molecule has 0 amide bonds. The zero-order valence-electron chi connectivity index (χ0n) is 20.4. The summed E-state index contributed by atoms with van der Waals surface area (Å²) in [5.74, 6) is -0.490. The van der Waals surface area contributed by atoms with E-state index in [0.29, 0.717) is 10.7 Å².